The number of nitrogens with one attached hydrogen (secondary N) is 3. The van der Waals surface area contributed by atoms with E-state index in [9.17, 15) is 18.0 Å². The van der Waals surface area contributed by atoms with E-state index in [-0.39, 0.29) is 24.4 Å². The maximum Gasteiger partial charge on any atom is 0.314 e. The van der Waals surface area contributed by atoms with Crippen molar-refractivity contribution in [2.45, 2.75) is 25.2 Å². The third kappa shape index (κ3) is 6.41. The molecule has 0 spiro atoms. The minimum absolute atomic E-state index is 0.176. The number of anilines is 1. The number of fused-ring (bicyclic) bond motifs is 1. The molecule has 0 radical (unpaired) electrons. The Morgan fingerprint density at radius 3 is 2.45 bits per heavy atom. The van der Waals surface area contributed by atoms with Crippen molar-refractivity contribution >= 4 is 66.1 Å². The van der Waals surface area contributed by atoms with E-state index in [4.69, 9.17) is 16.7 Å². The Labute approximate surface area is 235 Å². The van der Waals surface area contributed by atoms with Crippen LogP contribution >= 0.6 is 27.5 Å². The summed E-state index contributed by atoms with van der Waals surface area (Å²) >= 11 is 9.02. The molecule has 1 saturated carbocycles. The van der Waals surface area contributed by atoms with Gasteiger partial charge >= 0.3 is 6.03 Å². The molecule has 38 heavy (non-hydrogen) atoms. The maximum absolute atomic E-state index is 13.0. The molecule has 1 fully saturated rings. The largest absolute Gasteiger partial charge is 0.354 e. The molecule has 10 nitrogen and oxygen atoms in total. The number of carbonyl (C=O) groups excluding carboxylic acids is 2. The third-order valence-corrected chi connectivity index (χ3v) is 8.12. The van der Waals surface area contributed by atoms with E-state index < -0.39 is 10.0 Å². The summed E-state index contributed by atoms with van der Waals surface area (Å²) in [4.78, 5) is 24.8. The quantitative estimate of drug-likeness (QED) is 0.221. The van der Waals surface area contributed by atoms with Gasteiger partial charge in [-0.05, 0) is 67.1 Å². The van der Waals surface area contributed by atoms with Gasteiger partial charge in [0, 0.05) is 42.4 Å². The average Bonchev–Trinajstić information content (AvgIpc) is 3.66. The summed E-state index contributed by atoms with van der Waals surface area (Å²) in [7, 11) is -2.07. The Balaban J connectivity index is 1.74. The lowest BCUT2D eigenvalue weighted by atomic mass is 10.0. The molecule has 0 unspecified atom stereocenters. The van der Waals surface area contributed by atoms with Crippen molar-refractivity contribution in [1.82, 2.24) is 25.7 Å². The lowest BCUT2D eigenvalue weighted by Crippen LogP contribution is -2.39. The molecule has 0 saturated heterocycles. The van der Waals surface area contributed by atoms with E-state index in [0.717, 1.165) is 22.9 Å². The van der Waals surface area contributed by atoms with Crippen LogP contribution in [-0.2, 0) is 10.0 Å². The van der Waals surface area contributed by atoms with E-state index in [0.29, 0.717) is 53.4 Å². The molecule has 2 aromatic carbocycles. The highest BCUT2D eigenvalue weighted by molar-refractivity contribution is 9.10. The van der Waals surface area contributed by atoms with Crippen LogP contribution in [0.5, 0.6) is 0 Å². The van der Waals surface area contributed by atoms with E-state index in [2.05, 4.69) is 31.9 Å². The monoisotopic (exact) mass is 624 g/mol. The van der Waals surface area contributed by atoms with Gasteiger partial charge in [0.25, 0.3) is 5.91 Å². The number of sulfonamides is 1. The zero-order chi connectivity index (χ0) is 27.4. The van der Waals surface area contributed by atoms with Gasteiger partial charge < -0.3 is 16.0 Å². The number of amides is 3. The first-order chi connectivity index (χ1) is 18.1. The Morgan fingerprint density at radius 2 is 1.84 bits per heavy atom. The van der Waals surface area contributed by atoms with Gasteiger partial charge in [0.15, 0.2) is 0 Å². The summed E-state index contributed by atoms with van der Waals surface area (Å²) in [5, 5.41) is 13.4. The van der Waals surface area contributed by atoms with Crippen LogP contribution < -0.4 is 20.3 Å². The highest BCUT2D eigenvalue weighted by Gasteiger charge is 2.32. The molecule has 204 valence electrons. The van der Waals surface area contributed by atoms with Crippen molar-refractivity contribution in [2.75, 3.05) is 43.1 Å². The molecule has 3 aromatic rings. The standard InChI is InChI=1S/C25H30BrClN6O4S/c1-28-24(34)23-20-14-19(16-4-5-16)22(15-21(20)31-33(23)18-8-6-17(26)7-9-18)32(38(2,36)37)13-3-11-29-25(35)30-12-10-27/h6-9,14-16H,3-5,10-13H2,1-2H3,(H,28,34)(H2,29,30,35). The fourth-order valence-corrected chi connectivity index (χ4v) is 5.63. The van der Waals surface area contributed by atoms with Crippen LogP contribution in [0.3, 0.4) is 0 Å². The molecular weight excluding hydrogens is 596 g/mol. The number of nitrogens with zero attached hydrogens (tertiary/aromatic N) is 3. The van der Waals surface area contributed by atoms with Crippen LogP contribution in [0.25, 0.3) is 16.6 Å². The van der Waals surface area contributed by atoms with Gasteiger partial charge in [0.2, 0.25) is 10.0 Å². The second-order valence-corrected chi connectivity index (χ2v) is 12.3. The lowest BCUT2D eigenvalue weighted by molar-refractivity contribution is 0.0957. The molecule has 4 rings (SSSR count). The van der Waals surface area contributed by atoms with Crippen LogP contribution in [0.15, 0.2) is 40.9 Å². The first-order valence-corrected chi connectivity index (χ1v) is 15.4. The zero-order valence-electron chi connectivity index (χ0n) is 21.1. The van der Waals surface area contributed by atoms with Crippen molar-refractivity contribution in [1.29, 1.82) is 0 Å². The average molecular weight is 626 g/mol. The second kappa shape index (κ2) is 11.9. The molecule has 1 heterocycles. The first kappa shape index (κ1) is 28.2. The van der Waals surface area contributed by atoms with Crippen LogP contribution in [0.2, 0.25) is 0 Å². The maximum atomic E-state index is 13.0. The summed E-state index contributed by atoms with van der Waals surface area (Å²) in [6, 6.07) is 10.8. The highest BCUT2D eigenvalue weighted by atomic mass is 79.9. The Kier molecular flexibility index (Phi) is 8.84. The van der Waals surface area contributed by atoms with Crippen molar-refractivity contribution in [3.8, 4) is 5.69 Å². The number of alkyl halides is 1. The van der Waals surface area contributed by atoms with Gasteiger partial charge in [-0.25, -0.2) is 17.9 Å². The number of carbonyl (C=O) groups is 2. The molecule has 13 heteroatoms. The van der Waals surface area contributed by atoms with Gasteiger partial charge in [-0.3, -0.25) is 9.10 Å². The summed E-state index contributed by atoms with van der Waals surface area (Å²) in [5.41, 5.74) is 3.03. The fourth-order valence-electron chi connectivity index (χ4n) is 4.29. The van der Waals surface area contributed by atoms with Crippen LogP contribution in [0.1, 0.15) is 41.2 Å². The van der Waals surface area contributed by atoms with Crippen molar-refractivity contribution < 1.29 is 18.0 Å². The van der Waals surface area contributed by atoms with Crippen molar-refractivity contribution in [3.63, 3.8) is 0 Å². The summed E-state index contributed by atoms with van der Waals surface area (Å²) < 4.78 is 29.7. The first-order valence-electron chi connectivity index (χ1n) is 12.2. The molecular formula is C25H30BrClN6O4S. The lowest BCUT2D eigenvalue weighted by Gasteiger charge is -2.25. The highest BCUT2D eigenvalue weighted by Crippen LogP contribution is 2.46. The predicted molar refractivity (Wildman–Crippen MR) is 153 cm³/mol. The fraction of sp³-hybridized carbons (Fsp3) is 0.400. The minimum Gasteiger partial charge on any atom is -0.354 e. The van der Waals surface area contributed by atoms with Crippen LogP contribution in [0, 0.1) is 0 Å². The number of rotatable bonds is 11. The second-order valence-electron chi connectivity index (χ2n) is 9.08. The molecule has 0 aliphatic heterocycles. The van der Waals surface area contributed by atoms with E-state index in [1.807, 2.05) is 30.3 Å². The summed E-state index contributed by atoms with van der Waals surface area (Å²) in [5.74, 6) is 0.219. The number of hydrogen-bond donors (Lipinski definition) is 3. The van der Waals surface area contributed by atoms with Crippen molar-refractivity contribution in [3.05, 3.63) is 52.1 Å². The van der Waals surface area contributed by atoms with E-state index in [1.165, 1.54) is 10.6 Å². The van der Waals surface area contributed by atoms with E-state index in [1.54, 1.807) is 17.8 Å². The van der Waals surface area contributed by atoms with Crippen LogP contribution in [-0.4, -0.2) is 69.0 Å². The topological polar surface area (TPSA) is 125 Å². The van der Waals surface area contributed by atoms with E-state index >= 15 is 0 Å². The molecule has 1 aliphatic carbocycles. The SMILES string of the molecule is CNC(=O)c1c2cc(C3CC3)c(N(CCCNC(=O)NCCCl)S(C)(=O)=O)cc2nn1-c1ccc(Br)cc1. The summed E-state index contributed by atoms with van der Waals surface area (Å²) in [6.45, 7) is 0.814. The number of aromatic nitrogens is 2. The smallest absolute Gasteiger partial charge is 0.314 e. The number of urea groups is 1. The van der Waals surface area contributed by atoms with Gasteiger partial charge in [-0.15, -0.1) is 11.6 Å². The number of halogens is 2. The molecule has 3 amide bonds. The Morgan fingerprint density at radius 1 is 1.16 bits per heavy atom. The third-order valence-electron chi connectivity index (χ3n) is 6.22. The Bertz CT molecular complexity index is 1440. The van der Waals surface area contributed by atoms with Gasteiger partial charge in [-0.1, -0.05) is 15.9 Å². The number of hydrogen-bond acceptors (Lipinski definition) is 5. The predicted octanol–water partition coefficient (Wildman–Crippen LogP) is 3.72. The van der Waals surface area contributed by atoms with Crippen LogP contribution in [0.4, 0.5) is 10.5 Å². The minimum atomic E-state index is -3.64. The van der Waals surface area contributed by atoms with Gasteiger partial charge in [-0.2, -0.15) is 5.10 Å². The Hall–Kier alpha value is -2.83. The number of benzene rings is 2. The normalized spacial score (nSPS) is 13.4. The summed E-state index contributed by atoms with van der Waals surface area (Å²) in [6.07, 6.45) is 3.45. The molecule has 1 aliphatic rings. The molecule has 1 aromatic heterocycles. The zero-order valence-corrected chi connectivity index (χ0v) is 24.3. The molecule has 0 bridgehead atoms. The van der Waals surface area contributed by atoms with Gasteiger partial charge in [0.1, 0.15) is 5.69 Å². The molecule has 0 atom stereocenters. The van der Waals surface area contributed by atoms with Gasteiger partial charge in [0.05, 0.1) is 23.1 Å². The van der Waals surface area contributed by atoms with Crippen molar-refractivity contribution in [2.24, 2.45) is 0 Å². The molecule has 3 N–H and O–H groups in total.